The minimum atomic E-state index is -0.402. The Morgan fingerprint density at radius 3 is 2.39 bits per heavy atom. The first-order chi connectivity index (χ1) is 14.6. The highest BCUT2D eigenvalue weighted by molar-refractivity contribution is 5.78. The Morgan fingerprint density at radius 2 is 1.77 bits per heavy atom. The molecular formula is C25H32N4O2. The molecule has 6 nitrogen and oxygen atoms in total. The van der Waals surface area contributed by atoms with Gasteiger partial charge in [-0.3, -0.25) is 9.36 Å². The maximum absolute atomic E-state index is 13.5. The van der Waals surface area contributed by atoms with Gasteiger partial charge in [-0.2, -0.15) is 0 Å². The smallest absolute Gasteiger partial charge is 0.318 e. The fourth-order valence-corrected chi connectivity index (χ4v) is 3.62. The van der Waals surface area contributed by atoms with E-state index in [0.717, 1.165) is 17.7 Å². The Balaban J connectivity index is 2.20. The van der Waals surface area contributed by atoms with E-state index < -0.39 is 6.04 Å². The molecule has 3 rings (SSSR count). The van der Waals surface area contributed by atoms with Crippen LogP contribution in [0.1, 0.15) is 58.5 Å². The van der Waals surface area contributed by atoms with Crippen molar-refractivity contribution in [2.24, 2.45) is 0 Å². The predicted octanol–water partition coefficient (Wildman–Crippen LogP) is 4.98. The number of nitrogens with zero attached hydrogens (tertiary/aromatic N) is 3. The van der Waals surface area contributed by atoms with Crippen LogP contribution in [0, 0.1) is 6.92 Å². The SMILES string of the molecule is CCCN(C(=O)NC(C)(C)C)C(C)c1nc2ccccc2c(=O)n1-c1ccc(C)cc1. The molecule has 0 spiro atoms. The van der Waals surface area contributed by atoms with Crippen molar-refractivity contribution < 1.29 is 4.79 Å². The summed E-state index contributed by atoms with van der Waals surface area (Å²) < 4.78 is 1.64. The Kier molecular flexibility index (Phi) is 6.48. The summed E-state index contributed by atoms with van der Waals surface area (Å²) in [7, 11) is 0. The summed E-state index contributed by atoms with van der Waals surface area (Å²) >= 11 is 0. The minimum Gasteiger partial charge on any atom is -0.333 e. The fraction of sp³-hybridized carbons (Fsp3) is 0.400. The number of aromatic nitrogens is 2. The molecule has 0 fully saturated rings. The molecule has 31 heavy (non-hydrogen) atoms. The molecule has 1 aromatic heterocycles. The molecule has 0 radical (unpaired) electrons. The van der Waals surface area contributed by atoms with Gasteiger partial charge in [-0.15, -0.1) is 0 Å². The van der Waals surface area contributed by atoms with Crippen molar-refractivity contribution in [3.63, 3.8) is 0 Å². The second-order valence-corrected chi connectivity index (χ2v) is 9.01. The molecule has 0 aliphatic carbocycles. The first-order valence-electron chi connectivity index (χ1n) is 10.8. The standard InChI is InChI=1S/C25H32N4O2/c1-7-16-28(24(31)27-25(4,5)6)18(3)22-26-21-11-9-8-10-20(21)23(30)29(22)19-14-12-17(2)13-15-19/h8-15,18H,7,16H2,1-6H3,(H,27,31). The lowest BCUT2D eigenvalue weighted by Crippen LogP contribution is -2.50. The Labute approximate surface area is 183 Å². The van der Waals surface area contributed by atoms with E-state index in [1.54, 1.807) is 15.5 Å². The summed E-state index contributed by atoms with van der Waals surface area (Å²) in [4.78, 5) is 33.2. The number of fused-ring (bicyclic) bond motifs is 1. The predicted molar refractivity (Wildman–Crippen MR) is 126 cm³/mol. The third kappa shape index (κ3) is 4.95. The number of para-hydroxylation sites is 1. The van der Waals surface area contributed by atoms with E-state index in [0.29, 0.717) is 23.3 Å². The average Bonchev–Trinajstić information content (AvgIpc) is 2.71. The fourth-order valence-electron chi connectivity index (χ4n) is 3.62. The number of carbonyl (C=O) groups is 1. The molecule has 1 atom stereocenters. The number of urea groups is 1. The molecular weight excluding hydrogens is 388 g/mol. The van der Waals surface area contributed by atoms with Gasteiger partial charge in [0.2, 0.25) is 0 Å². The van der Waals surface area contributed by atoms with E-state index in [4.69, 9.17) is 4.98 Å². The lowest BCUT2D eigenvalue weighted by Gasteiger charge is -2.33. The van der Waals surface area contributed by atoms with Crippen molar-refractivity contribution in [2.75, 3.05) is 6.54 Å². The zero-order valence-corrected chi connectivity index (χ0v) is 19.3. The largest absolute Gasteiger partial charge is 0.333 e. The number of amides is 2. The number of hydrogen-bond donors (Lipinski definition) is 1. The second kappa shape index (κ2) is 8.92. The Hall–Kier alpha value is -3.15. The van der Waals surface area contributed by atoms with E-state index in [-0.39, 0.29) is 17.1 Å². The number of carbonyl (C=O) groups excluding carboxylic acids is 1. The summed E-state index contributed by atoms with van der Waals surface area (Å²) in [6, 6.07) is 14.6. The van der Waals surface area contributed by atoms with Crippen molar-refractivity contribution in [1.29, 1.82) is 0 Å². The first kappa shape index (κ1) is 22.5. The van der Waals surface area contributed by atoms with Gasteiger partial charge in [-0.05, 0) is 65.3 Å². The highest BCUT2D eigenvalue weighted by Gasteiger charge is 2.28. The number of rotatable bonds is 5. The van der Waals surface area contributed by atoms with E-state index in [2.05, 4.69) is 5.32 Å². The maximum Gasteiger partial charge on any atom is 0.318 e. The monoisotopic (exact) mass is 420 g/mol. The maximum atomic E-state index is 13.5. The molecule has 0 aliphatic rings. The summed E-state index contributed by atoms with van der Waals surface area (Å²) in [5, 5.41) is 3.60. The van der Waals surface area contributed by atoms with Crippen LogP contribution in [0.15, 0.2) is 53.3 Å². The zero-order chi connectivity index (χ0) is 22.8. The third-order valence-corrected chi connectivity index (χ3v) is 5.14. The van der Waals surface area contributed by atoms with Crippen LogP contribution >= 0.6 is 0 Å². The normalized spacial score (nSPS) is 12.6. The number of nitrogens with one attached hydrogen (secondary N) is 1. The van der Waals surface area contributed by atoms with Crippen LogP contribution in [0.4, 0.5) is 4.79 Å². The van der Waals surface area contributed by atoms with Gasteiger partial charge in [-0.25, -0.2) is 9.78 Å². The molecule has 0 saturated carbocycles. The van der Waals surface area contributed by atoms with Crippen LogP contribution in [0.3, 0.4) is 0 Å². The molecule has 2 aromatic carbocycles. The van der Waals surface area contributed by atoms with Crippen molar-refractivity contribution >= 4 is 16.9 Å². The Bertz CT molecular complexity index is 1130. The summed E-state index contributed by atoms with van der Waals surface area (Å²) in [5.41, 5.74) is 1.98. The molecule has 164 valence electrons. The molecule has 3 aromatic rings. The molecule has 0 aliphatic heterocycles. The van der Waals surface area contributed by atoms with Crippen molar-refractivity contribution in [3.05, 3.63) is 70.3 Å². The molecule has 1 heterocycles. The van der Waals surface area contributed by atoms with Crippen molar-refractivity contribution in [2.45, 2.75) is 59.5 Å². The van der Waals surface area contributed by atoms with Gasteiger partial charge >= 0.3 is 6.03 Å². The summed E-state index contributed by atoms with van der Waals surface area (Å²) in [6.07, 6.45) is 0.796. The summed E-state index contributed by atoms with van der Waals surface area (Å²) in [5.74, 6) is 0.546. The molecule has 1 N–H and O–H groups in total. The van der Waals surface area contributed by atoms with E-state index in [1.807, 2.05) is 84.0 Å². The third-order valence-electron chi connectivity index (χ3n) is 5.14. The second-order valence-electron chi connectivity index (χ2n) is 9.01. The quantitative estimate of drug-likeness (QED) is 0.633. The minimum absolute atomic E-state index is 0.135. The number of hydrogen-bond acceptors (Lipinski definition) is 3. The molecule has 6 heteroatoms. The first-order valence-corrected chi connectivity index (χ1v) is 10.8. The van der Waals surface area contributed by atoms with Gasteiger partial charge < -0.3 is 10.2 Å². The molecule has 2 amide bonds. The van der Waals surface area contributed by atoms with Gasteiger partial charge in [0.05, 0.1) is 22.6 Å². The average molecular weight is 421 g/mol. The Morgan fingerprint density at radius 1 is 1.13 bits per heavy atom. The van der Waals surface area contributed by atoms with Gasteiger partial charge in [-0.1, -0.05) is 36.8 Å². The van der Waals surface area contributed by atoms with Crippen LogP contribution in [0.5, 0.6) is 0 Å². The van der Waals surface area contributed by atoms with E-state index in [9.17, 15) is 9.59 Å². The molecule has 1 unspecified atom stereocenters. The van der Waals surface area contributed by atoms with Crippen LogP contribution in [-0.4, -0.2) is 32.6 Å². The number of benzene rings is 2. The van der Waals surface area contributed by atoms with E-state index >= 15 is 0 Å². The van der Waals surface area contributed by atoms with Crippen molar-refractivity contribution in [3.8, 4) is 5.69 Å². The summed E-state index contributed by atoms with van der Waals surface area (Å²) in [6.45, 7) is 12.4. The van der Waals surface area contributed by atoms with Gasteiger partial charge in [0.1, 0.15) is 5.82 Å². The van der Waals surface area contributed by atoms with E-state index in [1.165, 1.54) is 0 Å². The van der Waals surface area contributed by atoms with Gasteiger partial charge in [0.15, 0.2) is 0 Å². The highest BCUT2D eigenvalue weighted by Crippen LogP contribution is 2.24. The molecule has 0 bridgehead atoms. The van der Waals surface area contributed by atoms with Crippen LogP contribution < -0.4 is 10.9 Å². The highest BCUT2D eigenvalue weighted by atomic mass is 16.2. The van der Waals surface area contributed by atoms with Crippen LogP contribution in [0.2, 0.25) is 0 Å². The lowest BCUT2D eigenvalue weighted by atomic mass is 10.1. The number of aryl methyl sites for hydroxylation is 1. The van der Waals surface area contributed by atoms with Crippen molar-refractivity contribution in [1.82, 2.24) is 19.8 Å². The zero-order valence-electron chi connectivity index (χ0n) is 19.3. The lowest BCUT2D eigenvalue weighted by molar-refractivity contribution is 0.167. The van der Waals surface area contributed by atoms with Gasteiger partial charge in [0, 0.05) is 12.1 Å². The molecule has 0 saturated heterocycles. The van der Waals surface area contributed by atoms with Gasteiger partial charge in [0.25, 0.3) is 5.56 Å². The van der Waals surface area contributed by atoms with Crippen LogP contribution in [0.25, 0.3) is 16.6 Å². The topological polar surface area (TPSA) is 67.2 Å². The van der Waals surface area contributed by atoms with Crippen LogP contribution in [-0.2, 0) is 0 Å².